The van der Waals surface area contributed by atoms with Gasteiger partial charge in [0, 0.05) is 46.0 Å². The van der Waals surface area contributed by atoms with Gasteiger partial charge in [-0.1, -0.05) is 0 Å². The quantitative estimate of drug-likeness (QED) is 0.484. The van der Waals surface area contributed by atoms with Gasteiger partial charge in [-0.3, -0.25) is 0 Å². The summed E-state index contributed by atoms with van der Waals surface area (Å²) in [5, 5.41) is 11.7. The lowest BCUT2D eigenvalue weighted by molar-refractivity contribution is 0.476. The molecule has 4 heteroatoms. The summed E-state index contributed by atoms with van der Waals surface area (Å²) >= 11 is 0. The lowest BCUT2D eigenvalue weighted by atomic mass is 10.0. The number of aromatic hydroxyl groups is 1. The molecule has 4 rings (SSSR count). The van der Waals surface area contributed by atoms with Crippen LogP contribution in [0.25, 0.3) is 33.1 Å². The highest BCUT2D eigenvalue weighted by Gasteiger charge is 2.11. The number of nitrogens with one attached hydrogen (secondary N) is 2. The molecule has 92 valence electrons. The molecule has 0 amide bonds. The van der Waals surface area contributed by atoms with Crippen molar-refractivity contribution in [1.29, 1.82) is 0 Å². The second-order valence-corrected chi connectivity index (χ2v) is 4.53. The van der Waals surface area contributed by atoms with E-state index in [1.54, 1.807) is 18.3 Å². The molecule has 0 spiro atoms. The van der Waals surface area contributed by atoms with Crippen LogP contribution in [0.3, 0.4) is 0 Å². The molecule has 3 N–H and O–H groups in total. The number of phenolic OH excluding ortho intramolecular Hbond substituents is 1. The first-order valence-corrected chi connectivity index (χ1v) is 6.05. The van der Waals surface area contributed by atoms with Gasteiger partial charge in [0.2, 0.25) is 0 Å². The summed E-state index contributed by atoms with van der Waals surface area (Å²) in [6.45, 7) is 0. The minimum Gasteiger partial charge on any atom is -0.508 e. The van der Waals surface area contributed by atoms with Gasteiger partial charge in [-0.25, -0.2) is 4.98 Å². The van der Waals surface area contributed by atoms with Crippen molar-refractivity contribution in [3.05, 3.63) is 48.9 Å². The summed E-state index contributed by atoms with van der Waals surface area (Å²) in [5.41, 5.74) is 4.02. The Morgan fingerprint density at radius 1 is 0.947 bits per heavy atom. The highest BCUT2D eigenvalue weighted by Crippen LogP contribution is 2.34. The van der Waals surface area contributed by atoms with E-state index >= 15 is 0 Å². The number of aromatic amines is 2. The second-order valence-electron chi connectivity index (χ2n) is 4.53. The van der Waals surface area contributed by atoms with Gasteiger partial charge in [0.1, 0.15) is 11.4 Å². The zero-order valence-electron chi connectivity index (χ0n) is 10.0. The third-order valence-electron chi connectivity index (χ3n) is 3.41. The van der Waals surface area contributed by atoms with Gasteiger partial charge in [-0.05, 0) is 30.3 Å². The molecule has 0 fully saturated rings. The number of H-pyrrole nitrogens is 2. The van der Waals surface area contributed by atoms with E-state index in [1.165, 1.54) is 0 Å². The van der Waals surface area contributed by atoms with Crippen LogP contribution < -0.4 is 0 Å². The molecule has 0 aliphatic carbocycles. The van der Waals surface area contributed by atoms with Crippen LogP contribution in [0.15, 0.2) is 48.9 Å². The third kappa shape index (κ3) is 1.43. The van der Waals surface area contributed by atoms with Crippen molar-refractivity contribution < 1.29 is 5.11 Å². The number of aromatic nitrogens is 3. The molecule has 0 bridgehead atoms. The Labute approximate surface area is 108 Å². The molecule has 1 aromatic carbocycles. The maximum absolute atomic E-state index is 9.65. The number of hydrogen-bond donors (Lipinski definition) is 3. The van der Waals surface area contributed by atoms with Crippen LogP contribution in [-0.2, 0) is 0 Å². The summed E-state index contributed by atoms with van der Waals surface area (Å²) in [6, 6.07) is 9.29. The lowest BCUT2D eigenvalue weighted by Crippen LogP contribution is -1.75. The van der Waals surface area contributed by atoms with E-state index in [-0.39, 0.29) is 5.75 Å². The summed E-state index contributed by atoms with van der Waals surface area (Å²) in [6.07, 6.45) is 5.67. The predicted octanol–water partition coefficient (Wildman–Crippen LogP) is 3.42. The van der Waals surface area contributed by atoms with E-state index in [2.05, 4.69) is 15.0 Å². The molecule has 0 atom stereocenters. The van der Waals surface area contributed by atoms with Crippen LogP contribution in [0.5, 0.6) is 5.75 Å². The van der Waals surface area contributed by atoms with Crippen molar-refractivity contribution in [2.24, 2.45) is 0 Å². The summed E-state index contributed by atoms with van der Waals surface area (Å²) in [4.78, 5) is 10.7. The molecule has 4 aromatic rings. The zero-order valence-corrected chi connectivity index (χ0v) is 10.0. The number of pyridine rings is 1. The fourth-order valence-electron chi connectivity index (χ4n) is 2.51. The fourth-order valence-corrected chi connectivity index (χ4v) is 2.51. The first-order chi connectivity index (χ1) is 9.33. The van der Waals surface area contributed by atoms with Crippen molar-refractivity contribution in [2.75, 3.05) is 0 Å². The van der Waals surface area contributed by atoms with Crippen molar-refractivity contribution in [2.45, 2.75) is 0 Å². The fraction of sp³-hybridized carbons (Fsp3) is 0. The molecule has 0 unspecified atom stereocenters. The minimum atomic E-state index is 0.270. The molecule has 0 aliphatic rings. The molecular weight excluding hydrogens is 238 g/mol. The Morgan fingerprint density at radius 3 is 2.74 bits per heavy atom. The highest BCUT2D eigenvalue weighted by atomic mass is 16.3. The molecule has 19 heavy (non-hydrogen) atoms. The molecule has 0 saturated heterocycles. The highest BCUT2D eigenvalue weighted by molar-refractivity contribution is 6.04. The normalized spacial score (nSPS) is 11.4. The molecule has 0 radical (unpaired) electrons. The number of nitrogens with zero attached hydrogens (tertiary/aromatic N) is 1. The van der Waals surface area contributed by atoms with Crippen LogP contribution in [0.4, 0.5) is 0 Å². The Kier molecular flexibility index (Phi) is 1.94. The maximum Gasteiger partial charge on any atom is 0.137 e. The first kappa shape index (κ1) is 10.2. The van der Waals surface area contributed by atoms with Gasteiger partial charge >= 0.3 is 0 Å². The standard InChI is InChI=1S/C15H11N3O/c19-9-3-4-14-11(6-9)13(7-17-14)12-8-18-15-10(12)2-1-5-16-15/h1-8,17,19H,(H,16,18). The first-order valence-electron chi connectivity index (χ1n) is 6.05. The second kappa shape index (κ2) is 3.62. The van der Waals surface area contributed by atoms with E-state index in [1.807, 2.05) is 30.6 Å². The van der Waals surface area contributed by atoms with Gasteiger partial charge in [0.05, 0.1) is 0 Å². The average molecular weight is 249 g/mol. The Balaban J connectivity index is 2.06. The molecule has 3 aromatic heterocycles. The number of rotatable bonds is 1. The number of benzene rings is 1. The number of hydrogen-bond acceptors (Lipinski definition) is 2. The van der Waals surface area contributed by atoms with Gasteiger partial charge in [-0.15, -0.1) is 0 Å². The molecule has 4 nitrogen and oxygen atoms in total. The zero-order chi connectivity index (χ0) is 12.8. The van der Waals surface area contributed by atoms with Crippen LogP contribution in [-0.4, -0.2) is 20.1 Å². The summed E-state index contributed by atoms with van der Waals surface area (Å²) in [5.74, 6) is 0.270. The van der Waals surface area contributed by atoms with Crippen LogP contribution in [0, 0.1) is 0 Å². The molecule has 0 aliphatic heterocycles. The van der Waals surface area contributed by atoms with Crippen molar-refractivity contribution in [1.82, 2.24) is 15.0 Å². The van der Waals surface area contributed by atoms with Crippen LogP contribution in [0.1, 0.15) is 0 Å². The van der Waals surface area contributed by atoms with Gasteiger partial charge < -0.3 is 15.1 Å². The van der Waals surface area contributed by atoms with E-state index in [0.717, 1.165) is 33.1 Å². The minimum absolute atomic E-state index is 0.270. The summed E-state index contributed by atoms with van der Waals surface area (Å²) in [7, 11) is 0. The van der Waals surface area contributed by atoms with Crippen molar-refractivity contribution >= 4 is 21.9 Å². The van der Waals surface area contributed by atoms with E-state index in [9.17, 15) is 5.11 Å². The average Bonchev–Trinajstić information content (AvgIpc) is 3.01. The van der Waals surface area contributed by atoms with Crippen LogP contribution in [0.2, 0.25) is 0 Å². The van der Waals surface area contributed by atoms with Crippen molar-refractivity contribution in [3.8, 4) is 16.9 Å². The largest absolute Gasteiger partial charge is 0.508 e. The van der Waals surface area contributed by atoms with E-state index < -0.39 is 0 Å². The monoisotopic (exact) mass is 249 g/mol. The SMILES string of the molecule is Oc1ccc2[nH]cc(-c3c[nH]c4ncccc34)c2c1. The van der Waals surface area contributed by atoms with Crippen molar-refractivity contribution in [3.63, 3.8) is 0 Å². The van der Waals surface area contributed by atoms with Gasteiger partial charge in [-0.2, -0.15) is 0 Å². The Hall–Kier alpha value is -2.75. The Bertz CT molecular complexity index is 889. The molecule has 0 saturated carbocycles. The van der Waals surface area contributed by atoms with Gasteiger partial charge in [0.15, 0.2) is 0 Å². The number of fused-ring (bicyclic) bond motifs is 2. The lowest BCUT2D eigenvalue weighted by Gasteiger charge is -1.98. The third-order valence-corrected chi connectivity index (χ3v) is 3.41. The predicted molar refractivity (Wildman–Crippen MR) is 75.1 cm³/mol. The molecular formula is C15H11N3O. The van der Waals surface area contributed by atoms with E-state index in [4.69, 9.17) is 0 Å². The Morgan fingerprint density at radius 2 is 1.79 bits per heavy atom. The number of phenols is 1. The topological polar surface area (TPSA) is 64.7 Å². The summed E-state index contributed by atoms with van der Waals surface area (Å²) < 4.78 is 0. The van der Waals surface area contributed by atoms with E-state index in [0.29, 0.717) is 0 Å². The maximum atomic E-state index is 9.65. The van der Waals surface area contributed by atoms with Gasteiger partial charge in [0.25, 0.3) is 0 Å². The molecule has 3 heterocycles. The smallest absolute Gasteiger partial charge is 0.137 e. The van der Waals surface area contributed by atoms with Crippen LogP contribution >= 0.6 is 0 Å².